The molecule has 1 aliphatic rings. The van der Waals surface area contributed by atoms with Crippen LogP contribution < -0.4 is 0 Å². The van der Waals surface area contributed by atoms with Crippen molar-refractivity contribution < 1.29 is 0 Å². The third kappa shape index (κ3) is 1.59. The maximum atomic E-state index is 3.96. The largest absolute Gasteiger partial charge is 0.285 e. The average Bonchev–Trinajstić information content (AvgIpc) is 2.58. The van der Waals surface area contributed by atoms with E-state index < -0.39 is 0 Å². The highest BCUT2D eigenvalue weighted by molar-refractivity contribution is 7.99. The Morgan fingerprint density at radius 3 is 3.27 bits per heavy atom. The van der Waals surface area contributed by atoms with Gasteiger partial charge in [0.05, 0.1) is 6.20 Å². The number of thioether (sulfide) groups is 1. The summed E-state index contributed by atoms with van der Waals surface area (Å²) in [6.45, 7) is 0. The Balaban J connectivity index is 2.04. The number of hydrogen-bond donors (Lipinski definition) is 1. The summed E-state index contributed by atoms with van der Waals surface area (Å²) in [4.78, 5) is 0. The van der Waals surface area contributed by atoms with E-state index in [1.807, 2.05) is 12.4 Å². The predicted molar refractivity (Wildman–Crippen MR) is 47.9 cm³/mol. The molecule has 2 heterocycles. The first kappa shape index (κ1) is 7.22. The maximum absolute atomic E-state index is 3.96. The van der Waals surface area contributed by atoms with Crippen molar-refractivity contribution in [1.82, 2.24) is 10.2 Å². The fraction of sp³-hybridized carbons (Fsp3) is 0.625. The molecule has 0 spiro atoms. The minimum absolute atomic E-state index is 0.757. The molecule has 11 heavy (non-hydrogen) atoms. The molecular formula is C8H12N2S. The lowest BCUT2D eigenvalue weighted by molar-refractivity contribution is 0.660. The van der Waals surface area contributed by atoms with E-state index in [4.69, 9.17) is 0 Å². The number of aromatic amines is 1. The molecule has 1 saturated heterocycles. The molecule has 3 heteroatoms. The Labute approximate surface area is 70.8 Å². The molecule has 0 bridgehead atoms. The van der Waals surface area contributed by atoms with Crippen LogP contribution in [0.2, 0.25) is 0 Å². The molecule has 1 fully saturated rings. The van der Waals surface area contributed by atoms with Gasteiger partial charge in [-0.15, -0.1) is 0 Å². The van der Waals surface area contributed by atoms with E-state index in [-0.39, 0.29) is 0 Å². The summed E-state index contributed by atoms with van der Waals surface area (Å²) in [6, 6.07) is 0. The van der Waals surface area contributed by atoms with Gasteiger partial charge in [-0.25, -0.2) is 0 Å². The summed E-state index contributed by atoms with van der Waals surface area (Å²) in [7, 11) is 0. The number of nitrogens with one attached hydrogen (secondary N) is 1. The van der Waals surface area contributed by atoms with Crippen LogP contribution in [-0.4, -0.2) is 21.7 Å². The zero-order valence-electron chi connectivity index (χ0n) is 6.42. The Kier molecular flexibility index (Phi) is 2.17. The van der Waals surface area contributed by atoms with Crippen LogP contribution in [-0.2, 0) is 0 Å². The molecule has 2 nitrogen and oxygen atoms in total. The quantitative estimate of drug-likeness (QED) is 0.695. The average molecular weight is 168 g/mol. The summed E-state index contributed by atoms with van der Waals surface area (Å²) in [5, 5.41) is 6.83. The number of rotatable bonds is 1. The fourth-order valence-corrected chi connectivity index (χ4v) is 2.67. The zero-order valence-corrected chi connectivity index (χ0v) is 7.23. The van der Waals surface area contributed by atoms with Gasteiger partial charge in [-0.2, -0.15) is 16.9 Å². The van der Waals surface area contributed by atoms with Crippen molar-refractivity contribution in [2.24, 2.45) is 0 Å². The molecule has 1 aliphatic heterocycles. The van der Waals surface area contributed by atoms with Crippen LogP contribution in [0.5, 0.6) is 0 Å². The molecule has 1 atom stereocenters. The van der Waals surface area contributed by atoms with Crippen molar-refractivity contribution in [1.29, 1.82) is 0 Å². The summed E-state index contributed by atoms with van der Waals surface area (Å²) < 4.78 is 0. The number of nitrogens with zero attached hydrogens (tertiary/aromatic N) is 1. The van der Waals surface area contributed by atoms with E-state index in [0.717, 1.165) is 5.92 Å². The highest BCUT2D eigenvalue weighted by Crippen LogP contribution is 2.30. The third-order valence-corrected chi connectivity index (χ3v) is 3.37. The molecule has 60 valence electrons. The number of hydrogen-bond acceptors (Lipinski definition) is 2. The first-order valence-corrected chi connectivity index (χ1v) is 5.19. The number of H-pyrrole nitrogens is 1. The minimum Gasteiger partial charge on any atom is -0.285 e. The van der Waals surface area contributed by atoms with E-state index in [1.165, 1.54) is 29.9 Å². The molecule has 0 amide bonds. The molecular weight excluding hydrogens is 156 g/mol. The van der Waals surface area contributed by atoms with E-state index >= 15 is 0 Å². The van der Waals surface area contributed by atoms with Gasteiger partial charge in [-0.1, -0.05) is 0 Å². The van der Waals surface area contributed by atoms with Crippen molar-refractivity contribution in [3.8, 4) is 0 Å². The highest BCUT2D eigenvalue weighted by atomic mass is 32.2. The van der Waals surface area contributed by atoms with Crippen LogP contribution in [0, 0.1) is 0 Å². The van der Waals surface area contributed by atoms with E-state index in [2.05, 4.69) is 22.0 Å². The van der Waals surface area contributed by atoms with Gasteiger partial charge >= 0.3 is 0 Å². The zero-order chi connectivity index (χ0) is 7.52. The monoisotopic (exact) mass is 168 g/mol. The standard InChI is InChI=1S/C8H12N2S/c1-2-7(6-11-3-1)8-4-9-10-5-8/h4-5,7H,1-3,6H2,(H,9,10). The molecule has 1 aromatic heterocycles. The molecule has 2 rings (SSSR count). The molecule has 0 aliphatic carbocycles. The third-order valence-electron chi connectivity index (χ3n) is 2.15. The minimum atomic E-state index is 0.757. The SMILES string of the molecule is c1n[nH]cc1C1CCCSC1. The van der Waals surface area contributed by atoms with Gasteiger partial charge in [0.2, 0.25) is 0 Å². The molecule has 0 aromatic carbocycles. The summed E-state index contributed by atoms with van der Waals surface area (Å²) in [5.41, 5.74) is 1.39. The topological polar surface area (TPSA) is 28.7 Å². The van der Waals surface area contributed by atoms with Crippen LogP contribution >= 0.6 is 11.8 Å². The smallest absolute Gasteiger partial charge is 0.0522 e. The highest BCUT2D eigenvalue weighted by Gasteiger charge is 2.15. The van der Waals surface area contributed by atoms with Crippen molar-refractivity contribution in [2.75, 3.05) is 11.5 Å². The van der Waals surface area contributed by atoms with Gasteiger partial charge in [0.25, 0.3) is 0 Å². The lowest BCUT2D eigenvalue weighted by Gasteiger charge is -2.19. The lowest BCUT2D eigenvalue weighted by atomic mass is 9.99. The Morgan fingerprint density at radius 2 is 2.64 bits per heavy atom. The molecule has 1 N–H and O–H groups in total. The van der Waals surface area contributed by atoms with Gasteiger partial charge in [-0.3, -0.25) is 5.10 Å². The van der Waals surface area contributed by atoms with Crippen LogP contribution in [0.25, 0.3) is 0 Å². The number of aromatic nitrogens is 2. The second kappa shape index (κ2) is 3.30. The van der Waals surface area contributed by atoms with Gasteiger partial charge in [0.1, 0.15) is 0 Å². The molecule has 1 unspecified atom stereocenters. The van der Waals surface area contributed by atoms with E-state index in [0.29, 0.717) is 0 Å². The molecule has 0 saturated carbocycles. The van der Waals surface area contributed by atoms with Crippen molar-refractivity contribution in [2.45, 2.75) is 18.8 Å². The first-order chi connectivity index (χ1) is 5.47. The van der Waals surface area contributed by atoms with Crippen molar-refractivity contribution in [3.63, 3.8) is 0 Å². The molecule has 0 radical (unpaired) electrons. The molecule has 1 aromatic rings. The van der Waals surface area contributed by atoms with E-state index in [1.54, 1.807) is 0 Å². The fourth-order valence-electron chi connectivity index (χ4n) is 1.49. The van der Waals surface area contributed by atoms with Gasteiger partial charge in [0.15, 0.2) is 0 Å². The van der Waals surface area contributed by atoms with Gasteiger partial charge < -0.3 is 0 Å². The summed E-state index contributed by atoms with van der Waals surface area (Å²) in [6.07, 6.45) is 6.68. The summed E-state index contributed by atoms with van der Waals surface area (Å²) >= 11 is 2.06. The van der Waals surface area contributed by atoms with Gasteiger partial charge in [-0.05, 0) is 30.1 Å². The summed E-state index contributed by atoms with van der Waals surface area (Å²) in [5.74, 6) is 3.38. The second-order valence-corrected chi connectivity index (χ2v) is 4.10. The predicted octanol–water partition coefficient (Wildman–Crippen LogP) is 2.02. The Hall–Kier alpha value is -0.440. The first-order valence-electron chi connectivity index (χ1n) is 4.03. The van der Waals surface area contributed by atoms with Crippen LogP contribution in [0.4, 0.5) is 0 Å². The van der Waals surface area contributed by atoms with Crippen molar-refractivity contribution >= 4 is 11.8 Å². The van der Waals surface area contributed by atoms with Crippen LogP contribution in [0.3, 0.4) is 0 Å². The maximum Gasteiger partial charge on any atom is 0.0522 e. The Bertz CT molecular complexity index is 202. The lowest BCUT2D eigenvalue weighted by Crippen LogP contribution is -2.07. The second-order valence-electron chi connectivity index (χ2n) is 2.95. The van der Waals surface area contributed by atoms with Crippen LogP contribution in [0.15, 0.2) is 12.4 Å². The Morgan fingerprint density at radius 1 is 1.64 bits per heavy atom. The van der Waals surface area contributed by atoms with E-state index in [9.17, 15) is 0 Å². The normalized spacial score (nSPS) is 25.3. The van der Waals surface area contributed by atoms with Crippen LogP contribution in [0.1, 0.15) is 24.3 Å². The van der Waals surface area contributed by atoms with Crippen molar-refractivity contribution in [3.05, 3.63) is 18.0 Å². The van der Waals surface area contributed by atoms with Gasteiger partial charge in [0, 0.05) is 11.9 Å².